The predicted molar refractivity (Wildman–Crippen MR) is 97.8 cm³/mol. The molecule has 0 radical (unpaired) electrons. The van der Waals surface area contributed by atoms with Crippen LogP contribution in [0.1, 0.15) is 5.56 Å². The molecular formula is C17H19FN2O3S2. The first-order valence-corrected chi connectivity index (χ1v) is 10.1. The number of rotatable bonds is 6. The number of thioether (sulfide) groups is 1. The van der Waals surface area contributed by atoms with Crippen molar-refractivity contribution in [2.75, 3.05) is 25.2 Å². The van der Waals surface area contributed by atoms with Gasteiger partial charge in [0.25, 0.3) is 0 Å². The summed E-state index contributed by atoms with van der Waals surface area (Å²) in [6.07, 6.45) is 1.89. The van der Waals surface area contributed by atoms with Gasteiger partial charge in [0.2, 0.25) is 15.9 Å². The molecule has 2 aromatic rings. The molecular weight excluding hydrogens is 363 g/mol. The molecule has 0 saturated heterocycles. The molecule has 1 N–H and O–H groups in total. The van der Waals surface area contributed by atoms with Gasteiger partial charge in [-0.3, -0.25) is 4.79 Å². The Morgan fingerprint density at radius 2 is 1.92 bits per heavy atom. The lowest BCUT2D eigenvalue weighted by atomic mass is 10.2. The van der Waals surface area contributed by atoms with E-state index in [1.54, 1.807) is 12.1 Å². The fourth-order valence-corrected chi connectivity index (χ4v) is 4.18. The molecule has 1 amide bonds. The number of likely N-dealkylation sites (N-methyl/N-ethyl adjacent to an activating group) is 1. The van der Waals surface area contributed by atoms with E-state index >= 15 is 0 Å². The second kappa shape index (κ2) is 7.99. The molecule has 2 rings (SSSR count). The maximum atomic E-state index is 13.2. The Bertz CT molecular complexity index is 885. The van der Waals surface area contributed by atoms with Crippen molar-refractivity contribution in [3.05, 3.63) is 53.8 Å². The third-order valence-electron chi connectivity index (χ3n) is 3.57. The number of para-hydroxylation sites is 1. The van der Waals surface area contributed by atoms with Crippen molar-refractivity contribution in [1.29, 1.82) is 0 Å². The first-order chi connectivity index (χ1) is 11.8. The highest BCUT2D eigenvalue weighted by atomic mass is 32.2. The van der Waals surface area contributed by atoms with Crippen LogP contribution >= 0.6 is 11.8 Å². The molecule has 0 aromatic heterocycles. The standard InChI is InChI=1S/C17H19FN2O3S2/c1-12-10-13(18)8-9-16(12)25(22,23)20(2)11-17(21)19-14-6-4-5-7-15(14)24-3/h4-10H,11H2,1-3H3,(H,19,21). The summed E-state index contributed by atoms with van der Waals surface area (Å²) in [7, 11) is -2.57. The Morgan fingerprint density at radius 3 is 2.56 bits per heavy atom. The van der Waals surface area contributed by atoms with Gasteiger partial charge in [-0.2, -0.15) is 4.31 Å². The van der Waals surface area contributed by atoms with Crippen LogP contribution < -0.4 is 5.32 Å². The number of benzene rings is 2. The maximum Gasteiger partial charge on any atom is 0.243 e. The number of carbonyl (C=O) groups is 1. The van der Waals surface area contributed by atoms with Crippen molar-refractivity contribution in [3.8, 4) is 0 Å². The summed E-state index contributed by atoms with van der Waals surface area (Å²) >= 11 is 1.48. The zero-order chi connectivity index (χ0) is 18.6. The first kappa shape index (κ1) is 19.4. The van der Waals surface area contributed by atoms with Crippen LogP contribution in [0.2, 0.25) is 0 Å². The molecule has 0 aliphatic rings. The van der Waals surface area contributed by atoms with Crippen LogP contribution in [0.3, 0.4) is 0 Å². The van der Waals surface area contributed by atoms with Crippen molar-refractivity contribution < 1.29 is 17.6 Å². The number of amides is 1. The molecule has 0 fully saturated rings. The summed E-state index contributed by atoms with van der Waals surface area (Å²) in [5.41, 5.74) is 0.920. The highest BCUT2D eigenvalue weighted by Crippen LogP contribution is 2.25. The van der Waals surface area contributed by atoms with Gasteiger partial charge in [-0.05, 0) is 49.1 Å². The van der Waals surface area contributed by atoms with Gasteiger partial charge in [-0.15, -0.1) is 11.8 Å². The summed E-state index contributed by atoms with van der Waals surface area (Å²) in [4.78, 5) is 13.1. The Kier molecular flexibility index (Phi) is 6.21. The topological polar surface area (TPSA) is 66.5 Å². The minimum Gasteiger partial charge on any atom is -0.324 e. The fraction of sp³-hybridized carbons (Fsp3) is 0.235. The van der Waals surface area contributed by atoms with E-state index in [1.807, 2.05) is 18.4 Å². The van der Waals surface area contributed by atoms with E-state index in [-0.39, 0.29) is 11.4 Å². The fourth-order valence-electron chi connectivity index (χ4n) is 2.29. The number of hydrogen-bond donors (Lipinski definition) is 1. The van der Waals surface area contributed by atoms with Gasteiger partial charge in [0, 0.05) is 11.9 Å². The third-order valence-corrected chi connectivity index (χ3v) is 6.33. The lowest BCUT2D eigenvalue weighted by Gasteiger charge is -2.18. The first-order valence-electron chi connectivity index (χ1n) is 7.41. The van der Waals surface area contributed by atoms with Crippen molar-refractivity contribution >= 4 is 33.4 Å². The maximum absolute atomic E-state index is 13.2. The number of carbonyl (C=O) groups excluding carboxylic acids is 1. The molecule has 2 aromatic carbocycles. The van der Waals surface area contributed by atoms with E-state index < -0.39 is 21.7 Å². The van der Waals surface area contributed by atoms with E-state index in [1.165, 1.54) is 31.8 Å². The lowest BCUT2D eigenvalue weighted by Crippen LogP contribution is -2.35. The number of nitrogens with one attached hydrogen (secondary N) is 1. The molecule has 0 aliphatic carbocycles. The Labute approximate surface area is 151 Å². The van der Waals surface area contributed by atoms with Crippen LogP contribution in [0.15, 0.2) is 52.3 Å². The van der Waals surface area contributed by atoms with E-state index in [4.69, 9.17) is 0 Å². The molecule has 0 atom stereocenters. The molecule has 0 saturated carbocycles. The number of anilines is 1. The summed E-state index contributed by atoms with van der Waals surface area (Å²) in [5, 5.41) is 2.71. The van der Waals surface area contributed by atoms with Crippen LogP contribution in [0.25, 0.3) is 0 Å². The van der Waals surface area contributed by atoms with Crippen LogP contribution in [-0.4, -0.2) is 38.5 Å². The molecule has 0 unspecified atom stereocenters. The van der Waals surface area contributed by atoms with Crippen LogP contribution in [-0.2, 0) is 14.8 Å². The molecule has 134 valence electrons. The number of halogens is 1. The number of nitrogens with zero attached hydrogens (tertiary/aromatic N) is 1. The van der Waals surface area contributed by atoms with Gasteiger partial charge in [-0.25, -0.2) is 12.8 Å². The summed E-state index contributed by atoms with van der Waals surface area (Å²) in [6, 6.07) is 10.7. The van der Waals surface area contributed by atoms with Gasteiger partial charge in [0.1, 0.15) is 5.82 Å². The van der Waals surface area contributed by atoms with Crippen LogP contribution in [0, 0.1) is 12.7 Å². The van der Waals surface area contributed by atoms with Gasteiger partial charge in [0.15, 0.2) is 0 Å². The van der Waals surface area contributed by atoms with Crippen molar-refractivity contribution in [2.24, 2.45) is 0 Å². The monoisotopic (exact) mass is 382 g/mol. The molecule has 0 bridgehead atoms. The second-order valence-electron chi connectivity index (χ2n) is 5.42. The van der Waals surface area contributed by atoms with Gasteiger partial charge >= 0.3 is 0 Å². The predicted octanol–water partition coefficient (Wildman–Crippen LogP) is 3.12. The number of hydrogen-bond acceptors (Lipinski definition) is 4. The zero-order valence-corrected chi connectivity index (χ0v) is 15.7. The second-order valence-corrected chi connectivity index (χ2v) is 8.28. The van der Waals surface area contributed by atoms with E-state index in [9.17, 15) is 17.6 Å². The quantitative estimate of drug-likeness (QED) is 0.780. The van der Waals surface area contributed by atoms with Crippen LogP contribution in [0.4, 0.5) is 10.1 Å². The van der Waals surface area contributed by atoms with Crippen molar-refractivity contribution in [2.45, 2.75) is 16.7 Å². The average Bonchev–Trinajstić information content (AvgIpc) is 2.54. The Hall–Kier alpha value is -1.90. The zero-order valence-electron chi connectivity index (χ0n) is 14.1. The van der Waals surface area contributed by atoms with Gasteiger partial charge in [-0.1, -0.05) is 12.1 Å². The normalized spacial score (nSPS) is 11.6. The largest absolute Gasteiger partial charge is 0.324 e. The summed E-state index contributed by atoms with van der Waals surface area (Å²) in [5.74, 6) is -0.960. The minimum absolute atomic E-state index is 0.0197. The Balaban J connectivity index is 2.15. The van der Waals surface area contributed by atoms with E-state index in [0.717, 1.165) is 21.3 Å². The van der Waals surface area contributed by atoms with Crippen molar-refractivity contribution in [3.63, 3.8) is 0 Å². The van der Waals surface area contributed by atoms with Crippen molar-refractivity contribution in [1.82, 2.24) is 4.31 Å². The third kappa shape index (κ3) is 4.59. The van der Waals surface area contributed by atoms with E-state index in [0.29, 0.717) is 11.3 Å². The van der Waals surface area contributed by atoms with Gasteiger partial charge in [0.05, 0.1) is 17.1 Å². The highest BCUT2D eigenvalue weighted by Gasteiger charge is 2.25. The smallest absolute Gasteiger partial charge is 0.243 e. The van der Waals surface area contributed by atoms with Crippen LogP contribution in [0.5, 0.6) is 0 Å². The highest BCUT2D eigenvalue weighted by molar-refractivity contribution is 7.98. The Morgan fingerprint density at radius 1 is 1.24 bits per heavy atom. The average molecular weight is 382 g/mol. The molecule has 8 heteroatoms. The number of sulfonamides is 1. The minimum atomic E-state index is -3.89. The number of aryl methyl sites for hydroxylation is 1. The molecule has 0 heterocycles. The molecule has 5 nitrogen and oxygen atoms in total. The molecule has 25 heavy (non-hydrogen) atoms. The van der Waals surface area contributed by atoms with E-state index in [2.05, 4.69) is 5.32 Å². The summed E-state index contributed by atoms with van der Waals surface area (Å²) < 4.78 is 39.3. The SMILES string of the molecule is CSc1ccccc1NC(=O)CN(C)S(=O)(=O)c1ccc(F)cc1C. The molecule has 0 spiro atoms. The summed E-state index contributed by atoms with van der Waals surface area (Å²) in [6.45, 7) is 1.17. The van der Waals surface area contributed by atoms with Gasteiger partial charge < -0.3 is 5.32 Å². The molecule has 0 aliphatic heterocycles. The lowest BCUT2D eigenvalue weighted by molar-refractivity contribution is -0.116.